The highest BCUT2D eigenvalue weighted by Crippen LogP contribution is 2.40. The summed E-state index contributed by atoms with van der Waals surface area (Å²) < 4.78 is 26.7. The van der Waals surface area contributed by atoms with E-state index in [9.17, 15) is 4.79 Å². The van der Waals surface area contributed by atoms with Crippen molar-refractivity contribution in [1.29, 1.82) is 0 Å². The zero-order chi connectivity index (χ0) is 20.1. The number of aromatic nitrogens is 2. The maximum absolute atomic E-state index is 12.1. The molecular weight excluding hydrogens is 388 g/mol. The van der Waals surface area contributed by atoms with Crippen LogP contribution in [0.4, 0.5) is 0 Å². The van der Waals surface area contributed by atoms with Crippen molar-refractivity contribution < 1.29 is 28.2 Å². The smallest absolute Gasteiger partial charge is 0.338 e. The Bertz CT molecular complexity index is 963. The van der Waals surface area contributed by atoms with Gasteiger partial charge in [-0.25, -0.2) is 4.79 Å². The van der Waals surface area contributed by atoms with Crippen molar-refractivity contribution in [1.82, 2.24) is 10.2 Å². The van der Waals surface area contributed by atoms with Crippen molar-refractivity contribution in [2.45, 2.75) is 6.61 Å². The first-order valence-electron chi connectivity index (χ1n) is 8.11. The summed E-state index contributed by atoms with van der Waals surface area (Å²) in [6.07, 6.45) is 0. The van der Waals surface area contributed by atoms with Gasteiger partial charge in [-0.2, -0.15) is 0 Å². The molecule has 3 aromatic rings. The Morgan fingerprint density at radius 2 is 1.75 bits per heavy atom. The molecule has 0 spiro atoms. The van der Waals surface area contributed by atoms with Crippen molar-refractivity contribution in [3.05, 3.63) is 52.9 Å². The highest BCUT2D eigenvalue weighted by Gasteiger charge is 2.18. The average molecular weight is 405 g/mol. The van der Waals surface area contributed by atoms with E-state index in [1.165, 1.54) is 27.4 Å². The van der Waals surface area contributed by atoms with E-state index in [1.54, 1.807) is 30.3 Å². The van der Waals surface area contributed by atoms with Crippen LogP contribution in [0.1, 0.15) is 16.2 Å². The summed E-state index contributed by atoms with van der Waals surface area (Å²) in [5.74, 6) is 1.15. The zero-order valence-corrected chi connectivity index (χ0v) is 16.1. The third-order valence-corrected chi connectivity index (χ3v) is 4.00. The van der Waals surface area contributed by atoms with E-state index < -0.39 is 5.97 Å². The van der Waals surface area contributed by atoms with Crippen molar-refractivity contribution in [2.75, 3.05) is 21.3 Å². The SMILES string of the molecule is COc1cc(-c2nnc(COC(=O)c3cccc(Cl)c3)o2)cc(OC)c1OC. The molecule has 0 radical (unpaired) electrons. The molecule has 0 fully saturated rings. The lowest BCUT2D eigenvalue weighted by atomic mass is 10.2. The Hall–Kier alpha value is -3.26. The Morgan fingerprint density at radius 1 is 1.04 bits per heavy atom. The van der Waals surface area contributed by atoms with Crippen LogP contribution >= 0.6 is 11.6 Å². The maximum atomic E-state index is 12.1. The Morgan fingerprint density at radius 3 is 2.36 bits per heavy atom. The van der Waals surface area contributed by atoms with Gasteiger partial charge in [-0.1, -0.05) is 17.7 Å². The minimum Gasteiger partial charge on any atom is -0.493 e. The standard InChI is InChI=1S/C19H17ClN2O6/c1-24-14-8-12(9-15(25-2)17(14)26-3)18-22-21-16(28-18)10-27-19(23)11-5-4-6-13(20)7-11/h4-9H,10H2,1-3H3. The van der Waals surface area contributed by atoms with E-state index in [4.69, 9.17) is 35.0 Å². The van der Waals surface area contributed by atoms with Crippen LogP contribution in [0.3, 0.4) is 0 Å². The van der Waals surface area contributed by atoms with Crippen LogP contribution < -0.4 is 14.2 Å². The van der Waals surface area contributed by atoms with Crippen LogP contribution in [0.5, 0.6) is 17.2 Å². The number of hydrogen-bond donors (Lipinski definition) is 0. The van der Waals surface area contributed by atoms with E-state index in [0.717, 1.165) is 0 Å². The summed E-state index contributed by atoms with van der Waals surface area (Å²) in [6, 6.07) is 9.80. The second kappa shape index (κ2) is 8.62. The van der Waals surface area contributed by atoms with Gasteiger partial charge in [0.1, 0.15) is 0 Å². The summed E-state index contributed by atoms with van der Waals surface area (Å²) in [5.41, 5.74) is 0.895. The van der Waals surface area contributed by atoms with Crippen LogP contribution in [-0.2, 0) is 11.3 Å². The molecule has 0 saturated heterocycles. The molecule has 1 aromatic heterocycles. The summed E-state index contributed by atoms with van der Waals surface area (Å²) in [6.45, 7) is -0.178. The number of halogens is 1. The highest BCUT2D eigenvalue weighted by molar-refractivity contribution is 6.30. The van der Waals surface area contributed by atoms with Gasteiger partial charge >= 0.3 is 5.97 Å². The molecule has 0 aliphatic carbocycles. The quantitative estimate of drug-likeness (QED) is 0.549. The number of methoxy groups -OCH3 is 3. The normalized spacial score (nSPS) is 10.4. The second-order valence-corrected chi connectivity index (χ2v) is 5.94. The van der Waals surface area contributed by atoms with Gasteiger partial charge in [-0.3, -0.25) is 0 Å². The Kier molecular flexibility index (Phi) is 6.00. The maximum Gasteiger partial charge on any atom is 0.338 e. The lowest BCUT2D eigenvalue weighted by Crippen LogP contribution is -2.05. The van der Waals surface area contributed by atoms with Crippen molar-refractivity contribution >= 4 is 17.6 Å². The molecule has 0 saturated carbocycles. The van der Waals surface area contributed by atoms with Crippen molar-refractivity contribution in [3.8, 4) is 28.7 Å². The number of rotatable bonds is 7. The van der Waals surface area contributed by atoms with Gasteiger partial charge in [0.05, 0.1) is 26.9 Å². The van der Waals surface area contributed by atoms with Crippen LogP contribution in [0.25, 0.3) is 11.5 Å². The molecule has 146 valence electrons. The summed E-state index contributed by atoms with van der Waals surface area (Å²) in [4.78, 5) is 12.1. The molecule has 0 aliphatic rings. The number of nitrogens with zero attached hydrogens (tertiary/aromatic N) is 2. The fourth-order valence-corrected chi connectivity index (χ4v) is 2.65. The molecule has 1 heterocycles. The number of ether oxygens (including phenoxy) is 4. The number of carbonyl (C=O) groups excluding carboxylic acids is 1. The molecule has 9 heteroatoms. The average Bonchev–Trinajstić information content (AvgIpc) is 3.19. The fourth-order valence-electron chi connectivity index (χ4n) is 2.46. The molecule has 3 rings (SSSR count). The van der Waals surface area contributed by atoms with Crippen LogP contribution in [-0.4, -0.2) is 37.5 Å². The lowest BCUT2D eigenvalue weighted by Gasteiger charge is -2.12. The van der Waals surface area contributed by atoms with Gasteiger partial charge in [-0.15, -0.1) is 10.2 Å². The largest absolute Gasteiger partial charge is 0.493 e. The third-order valence-electron chi connectivity index (χ3n) is 3.77. The summed E-state index contributed by atoms with van der Waals surface area (Å²) in [7, 11) is 4.53. The minimum absolute atomic E-state index is 0.138. The van der Waals surface area contributed by atoms with E-state index in [1.807, 2.05) is 0 Å². The Labute approximate surface area is 165 Å². The fraction of sp³-hybridized carbons (Fsp3) is 0.211. The van der Waals surface area contributed by atoms with E-state index in [0.29, 0.717) is 33.4 Å². The first kappa shape index (κ1) is 19.5. The molecule has 0 bridgehead atoms. The minimum atomic E-state index is -0.546. The van der Waals surface area contributed by atoms with Crippen LogP contribution in [0.2, 0.25) is 5.02 Å². The van der Waals surface area contributed by atoms with Gasteiger partial charge in [0.2, 0.25) is 11.6 Å². The van der Waals surface area contributed by atoms with E-state index in [-0.39, 0.29) is 18.4 Å². The van der Waals surface area contributed by atoms with Gasteiger partial charge in [0.15, 0.2) is 18.1 Å². The molecule has 0 atom stereocenters. The summed E-state index contributed by atoms with van der Waals surface area (Å²) in [5, 5.41) is 8.31. The van der Waals surface area contributed by atoms with E-state index >= 15 is 0 Å². The lowest BCUT2D eigenvalue weighted by molar-refractivity contribution is 0.0438. The molecule has 0 N–H and O–H groups in total. The van der Waals surface area contributed by atoms with Gasteiger partial charge in [0.25, 0.3) is 5.89 Å². The molecule has 0 aliphatic heterocycles. The highest BCUT2D eigenvalue weighted by atomic mass is 35.5. The van der Waals surface area contributed by atoms with Gasteiger partial charge in [0, 0.05) is 10.6 Å². The zero-order valence-electron chi connectivity index (χ0n) is 15.4. The number of carbonyl (C=O) groups is 1. The molecule has 28 heavy (non-hydrogen) atoms. The Balaban J connectivity index is 1.76. The molecule has 8 nitrogen and oxygen atoms in total. The number of hydrogen-bond acceptors (Lipinski definition) is 8. The van der Waals surface area contributed by atoms with Gasteiger partial charge in [-0.05, 0) is 30.3 Å². The summed E-state index contributed by atoms with van der Waals surface area (Å²) >= 11 is 5.87. The van der Waals surface area contributed by atoms with Crippen LogP contribution in [0.15, 0.2) is 40.8 Å². The van der Waals surface area contributed by atoms with Crippen molar-refractivity contribution in [3.63, 3.8) is 0 Å². The second-order valence-electron chi connectivity index (χ2n) is 5.50. The van der Waals surface area contributed by atoms with Crippen LogP contribution in [0, 0.1) is 0 Å². The monoisotopic (exact) mass is 404 g/mol. The first-order chi connectivity index (χ1) is 13.5. The first-order valence-corrected chi connectivity index (χ1v) is 8.49. The van der Waals surface area contributed by atoms with Gasteiger partial charge < -0.3 is 23.4 Å². The number of benzene rings is 2. The molecule has 0 amide bonds. The molecule has 2 aromatic carbocycles. The molecular formula is C19H17ClN2O6. The van der Waals surface area contributed by atoms with E-state index in [2.05, 4.69) is 10.2 Å². The third kappa shape index (κ3) is 4.17. The molecule has 0 unspecified atom stereocenters. The topological polar surface area (TPSA) is 92.9 Å². The van der Waals surface area contributed by atoms with Crippen molar-refractivity contribution in [2.24, 2.45) is 0 Å². The number of esters is 1. The predicted molar refractivity (Wildman–Crippen MR) is 100.0 cm³/mol. The predicted octanol–water partition coefficient (Wildman–Crippen LogP) is 3.77.